The number of rotatable bonds is 5. The molecule has 2 aromatic rings. The van der Waals surface area contributed by atoms with E-state index in [1.54, 1.807) is 18.3 Å². The summed E-state index contributed by atoms with van der Waals surface area (Å²) in [6.45, 7) is 0. The fraction of sp³-hybridized carbons (Fsp3) is 0.158. The van der Waals surface area contributed by atoms with E-state index in [0.717, 1.165) is 5.69 Å². The van der Waals surface area contributed by atoms with Gasteiger partial charge in [-0.3, -0.25) is 10.2 Å². The van der Waals surface area contributed by atoms with E-state index in [-0.39, 0.29) is 11.7 Å². The van der Waals surface area contributed by atoms with Gasteiger partial charge in [-0.05, 0) is 43.2 Å². The van der Waals surface area contributed by atoms with Crippen molar-refractivity contribution >= 4 is 29.0 Å². The SMILES string of the molecule is N=C(/C=C\Nc1ccccc1)NC(=O)C1(c2ccc(Cl)cc2F)CC1. The number of amides is 1. The van der Waals surface area contributed by atoms with Gasteiger partial charge in [-0.1, -0.05) is 35.9 Å². The van der Waals surface area contributed by atoms with Crippen molar-refractivity contribution < 1.29 is 9.18 Å². The molecule has 4 nitrogen and oxygen atoms in total. The lowest BCUT2D eigenvalue weighted by molar-refractivity contribution is -0.122. The Balaban J connectivity index is 1.62. The number of halogens is 2. The second kappa shape index (κ2) is 7.07. The third-order valence-electron chi connectivity index (χ3n) is 4.15. The first kappa shape index (κ1) is 17.2. The largest absolute Gasteiger partial charge is 0.362 e. The quantitative estimate of drug-likeness (QED) is 0.554. The molecule has 3 rings (SSSR count). The van der Waals surface area contributed by atoms with Gasteiger partial charge in [-0.15, -0.1) is 0 Å². The molecule has 0 radical (unpaired) electrons. The van der Waals surface area contributed by atoms with Crippen LogP contribution in [-0.2, 0) is 10.2 Å². The predicted molar refractivity (Wildman–Crippen MR) is 97.4 cm³/mol. The Labute approximate surface area is 150 Å². The summed E-state index contributed by atoms with van der Waals surface area (Å²) in [5, 5.41) is 13.7. The van der Waals surface area contributed by atoms with E-state index in [4.69, 9.17) is 17.0 Å². The minimum absolute atomic E-state index is 0.0610. The van der Waals surface area contributed by atoms with Crippen LogP contribution in [0, 0.1) is 11.2 Å². The van der Waals surface area contributed by atoms with Crippen LogP contribution >= 0.6 is 11.6 Å². The smallest absolute Gasteiger partial charge is 0.236 e. The number of carbonyl (C=O) groups excluding carboxylic acids is 1. The lowest BCUT2D eigenvalue weighted by Crippen LogP contribution is -2.38. The Morgan fingerprint density at radius 1 is 1.20 bits per heavy atom. The molecule has 2 aromatic carbocycles. The van der Waals surface area contributed by atoms with Gasteiger partial charge in [0.1, 0.15) is 11.7 Å². The molecule has 6 heteroatoms. The van der Waals surface area contributed by atoms with Gasteiger partial charge in [-0.2, -0.15) is 0 Å². The van der Waals surface area contributed by atoms with Gasteiger partial charge in [0.25, 0.3) is 0 Å². The number of amidine groups is 1. The molecule has 1 saturated carbocycles. The van der Waals surface area contributed by atoms with E-state index in [1.165, 1.54) is 12.1 Å². The summed E-state index contributed by atoms with van der Waals surface area (Å²) in [6.07, 6.45) is 4.12. The van der Waals surface area contributed by atoms with Crippen molar-refractivity contribution in [3.8, 4) is 0 Å². The second-order valence-corrected chi connectivity index (χ2v) is 6.35. The summed E-state index contributed by atoms with van der Waals surface area (Å²) in [5.74, 6) is -0.926. The Morgan fingerprint density at radius 2 is 1.92 bits per heavy atom. The first-order valence-corrected chi connectivity index (χ1v) is 8.23. The van der Waals surface area contributed by atoms with Gasteiger partial charge in [0, 0.05) is 22.5 Å². The summed E-state index contributed by atoms with van der Waals surface area (Å²) in [7, 11) is 0. The minimum atomic E-state index is -0.901. The first-order chi connectivity index (χ1) is 12.0. The Hall–Kier alpha value is -2.66. The van der Waals surface area contributed by atoms with Crippen LogP contribution in [0.4, 0.5) is 10.1 Å². The highest BCUT2D eigenvalue weighted by molar-refractivity contribution is 6.30. The van der Waals surface area contributed by atoms with Gasteiger partial charge in [0.2, 0.25) is 5.91 Å². The zero-order valence-electron chi connectivity index (χ0n) is 13.4. The Morgan fingerprint density at radius 3 is 2.56 bits per heavy atom. The zero-order valence-corrected chi connectivity index (χ0v) is 14.1. The molecule has 0 saturated heterocycles. The van der Waals surface area contributed by atoms with E-state index in [0.29, 0.717) is 23.4 Å². The van der Waals surface area contributed by atoms with E-state index in [1.807, 2.05) is 30.3 Å². The number of anilines is 1. The highest BCUT2D eigenvalue weighted by Crippen LogP contribution is 2.49. The Bertz CT molecular complexity index is 832. The molecule has 0 aromatic heterocycles. The fourth-order valence-electron chi connectivity index (χ4n) is 2.66. The number of nitrogens with one attached hydrogen (secondary N) is 3. The maximum absolute atomic E-state index is 14.1. The second-order valence-electron chi connectivity index (χ2n) is 5.92. The summed E-state index contributed by atoms with van der Waals surface area (Å²) in [6, 6.07) is 13.8. The monoisotopic (exact) mass is 357 g/mol. The summed E-state index contributed by atoms with van der Waals surface area (Å²) < 4.78 is 14.1. The predicted octanol–water partition coefficient (Wildman–Crippen LogP) is 4.23. The van der Waals surface area contributed by atoms with E-state index >= 15 is 0 Å². The molecule has 0 heterocycles. The van der Waals surface area contributed by atoms with E-state index < -0.39 is 11.2 Å². The normalized spacial score (nSPS) is 15.0. The molecule has 1 amide bonds. The molecule has 1 aliphatic rings. The van der Waals surface area contributed by atoms with Gasteiger partial charge in [-0.25, -0.2) is 4.39 Å². The van der Waals surface area contributed by atoms with Crippen LogP contribution in [0.3, 0.4) is 0 Å². The molecular formula is C19H17ClFN3O. The average molecular weight is 358 g/mol. The molecule has 128 valence electrons. The number of para-hydroxylation sites is 1. The number of hydrogen-bond acceptors (Lipinski definition) is 3. The standard InChI is InChI=1S/C19H17ClFN3O/c20-13-6-7-15(16(21)12-13)19(9-10-19)18(25)24-17(22)8-11-23-14-4-2-1-3-5-14/h1-8,11-12,23H,9-10H2,(H2,22,24,25)/b11-8-. The lowest BCUT2D eigenvalue weighted by Gasteiger charge is -2.16. The molecule has 1 aliphatic carbocycles. The maximum atomic E-state index is 14.1. The van der Waals surface area contributed by atoms with Crippen molar-refractivity contribution in [2.45, 2.75) is 18.3 Å². The van der Waals surface area contributed by atoms with Crippen molar-refractivity contribution in [2.75, 3.05) is 5.32 Å². The maximum Gasteiger partial charge on any atom is 0.236 e. The Kier molecular flexibility index (Phi) is 4.86. The van der Waals surface area contributed by atoms with Gasteiger partial charge < -0.3 is 10.6 Å². The van der Waals surface area contributed by atoms with E-state index in [2.05, 4.69) is 10.6 Å². The van der Waals surface area contributed by atoms with Gasteiger partial charge >= 0.3 is 0 Å². The molecule has 0 atom stereocenters. The molecule has 0 spiro atoms. The van der Waals surface area contributed by atoms with Crippen molar-refractivity contribution in [3.05, 3.63) is 77.2 Å². The van der Waals surface area contributed by atoms with Crippen LogP contribution in [0.15, 0.2) is 60.8 Å². The first-order valence-electron chi connectivity index (χ1n) is 7.85. The zero-order chi connectivity index (χ0) is 17.9. The van der Waals surface area contributed by atoms with Crippen molar-refractivity contribution in [3.63, 3.8) is 0 Å². The topological polar surface area (TPSA) is 65.0 Å². The van der Waals surface area contributed by atoms with Crippen molar-refractivity contribution in [2.24, 2.45) is 0 Å². The van der Waals surface area contributed by atoms with E-state index in [9.17, 15) is 9.18 Å². The molecule has 0 bridgehead atoms. The molecule has 0 unspecified atom stereocenters. The van der Waals surface area contributed by atoms with Crippen LogP contribution in [0.2, 0.25) is 5.02 Å². The van der Waals surface area contributed by atoms with Crippen LogP contribution < -0.4 is 10.6 Å². The lowest BCUT2D eigenvalue weighted by atomic mass is 9.94. The summed E-state index contributed by atoms with van der Waals surface area (Å²) >= 11 is 5.77. The van der Waals surface area contributed by atoms with Crippen LogP contribution in [0.5, 0.6) is 0 Å². The number of hydrogen-bond donors (Lipinski definition) is 3. The van der Waals surface area contributed by atoms with Crippen molar-refractivity contribution in [1.82, 2.24) is 5.32 Å². The molecule has 1 fully saturated rings. The highest BCUT2D eigenvalue weighted by atomic mass is 35.5. The molecule has 3 N–H and O–H groups in total. The third-order valence-corrected chi connectivity index (χ3v) is 4.39. The minimum Gasteiger partial charge on any atom is -0.362 e. The summed E-state index contributed by atoms with van der Waals surface area (Å²) in [5.41, 5.74) is 0.301. The molecular weight excluding hydrogens is 341 g/mol. The third kappa shape index (κ3) is 3.88. The number of carbonyl (C=O) groups is 1. The molecule has 25 heavy (non-hydrogen) atoms. The number of benzene rings is 2. The van der Waals surface area contributed by atoms with Gasteiger partial charge in [0.15, 0.2) is 0 Å². The van der Waals surface area contributed by atoms with Crippen LogP contribution in [-0.4, -0.2) is 11.7 Å². The van der Waals surface area contributed by atoms with Crippen LogP contribution in [0.1, 0.15) is 18.4 Å². The average Bonchev–Trinajstić information content (AvgIpc) is 3.37. The summed E-state index contributed by atoms with van der Waals surface area (Å²) in [4.78, 5) is 12.5. The van der Waals surface area contributed by atoms with Gasteiger partial charge in [0.05, 0.1) is 5.41 Å². The van der Waals surface area contributed by atoms with Crippen LogP contribution in [0.25, 0.3) is 0 Å². The fourth-order valence-corrected chi connectivity index (χ4v) is 2.82. The van der Waals surface area contributed by atoms with Crippen molar-refractivity contribution in [1.29, 1.82) is 5.41 Å². The highest BCUT2D eigenvalue weighted by Gasteiger charge is 2.52. The molecule has 0 aliphatic heterocycles.